The van der Waals surface area contributed by atoms with Crippen LogP contribution in [0, 0.1) is 6.92 Å². The number of carbonyl (C=O) groups is 1. The highest BCUT2D eigenvalue weighted by Crippen LogP contribution is 2.16. The highest BCUT2D eigenvalue weighted by atomic mass is 32.2. The normalized spacial score (nSPS) is 12.4. The fourth-order valence-electron chi connectivity index (χ4n) is 1.63. The van der Waals surface area contributed by atoms with Crippen LogP contribution in [0.4, 0.5) is 0 Å². The van der Waals surface area contributed by atoms with Crippen LogP contribution in [-0.2, 0) is 16.4 Å². The third-order valence-corrected chi connectivity index (χ3v) is 5.73. The molecule has 0 atom stereocenters. The summed E-state index contributed by atoms with van der Waals surface area (Å²) in [6.45, 7) is 6.35. The number of rotatable bonds is 4. The van der Waals surface area contributed by atoms with Gasteiger partial charge in [0.25, 0.3) is 5.56 Å². The molecule has 0 aromatic carbocycles. The molecule has 0 aliphatic rings. The lowest BCUT2D eigenvalue weighted by atomic mass is 10.2. The van der Waals surface area contributed by atoms with Crippen molar-refractivity contribution in [3.63, 3.8) is 0 Å². The minimum absolute atomic E-state index is 0.0502. The predicted molar refractivity (Wildman–Crippen MR) is 75.9 cm³/mol. The van der Waals surface area contributed by atoms with Gasteiger partial charge in [-0.05, 0) is 39.8 Å². The average Bonchev–Trinajstić information content (AvgIpc) is 2.26. The maximum Gasteiger partial charge on any atom is 0.341 e. The number of carboxylic acid groups (broad SMARTS) is 1. The van der Waals surface area contributed by atoms with Gasteiger partial charge in [0.1, 0.15) is 5.56 Å². The fraction of sp³-hybridized carbons (Fsp3) is 0.538. The number of aromatic carboxylic acids is 1. The van der Waals surface area contributed by atoms with E-state index in [0.29, 0.717) is 5.69 Å². The molecule has 0 saturated carbocycles. The highest BCUT2D eigenvalue weighted by Gasteiger charge is 2.28. The van der Waals surface area contributed by atoms with Crippen LogP contribution in [0.3, 0.4) is 0 Å². The molecule has 0 bridgehead atoms. The van der Waals surface area contributed by atoms with Gasteiger partial charge in [-0.25, -0.2) is 13.2 Å². The summed E-state index contributed by atoms with van der Waals surface area (Å²) in [6, 6.07) is 2.73. The van der Waals surface area contributed by atoms with Gasteiger partial charge in [-0.2, -0.15) is 0 Å². The summed E-state index contributed by atoms with van der Waals surface area (Å²) in [7, 11) is -3.37. The van der Waals surface area contributed by atoms with Crippen LogP contribution in [0.25, 0.3) is 0 Å². The Labute approximate surface area is 118 Å². The van der Waals surface area contributed by atoms with Gasteiger partial charge >= 0.3 is 5.97 Å². The molecule has 0 aliphatic heterocycles. The Hall–Kier alpha value is -1.63. The van der Waals surface area contributed by atoms with Crippen molar-refractivity contribution < 1.29 is 18.3 Å². The summed E-state index contributed by atoms with van der Waals surface area (Å²) >= 11 is 0. The smallest absolute Gasteiger partial charge is 0.341 e. The first kappa shape index (κ1) is 16.4. The molecule has 1 aromatic heterocycles. The molecule has 0 saturated heterocycles. The van der Waals surface area contributed by atoms with Crippen molar-refractivity contribution in [1.29, 1.82) is 0 Å². The van der Waals surface area contributed by atoms with Crippen molar-refractivity contribution in [3.05, 3.63) is 33.7 Å². The molecule has 1 heterocycles. The summed E-state index contributed by atoms with van der Waals surface area (Å²) < 4.78 is 24.3. The Morgan fingerprint density at radius 3 is 2.30 bits per heavy atom. The van der Waals surface area contributed by atoms with E-state index in [1.165, 1.54) is 16.7 Å². The van der Waals surface area contributed by atoms with Gasteiger partial charge in [0.2, 0.25) is 0 Å². The number of aromatic nitrogens is 1. The SMILES string of the molecule is Cc1ccc(C(=O)O)c(=O)n1CCS(=O)(=O)C(C)(C)C. The van der Waals surface area contributed by atoms with Gasteiger partial charge in [-0.3, -0.25) is 4.79 Å². The van der Waals surface area contributed by atoms with E-state index >= 15 is 0 Å². The lowest BCUT2D eigenvalue weighted by molar-refractivity contribution is 0.0694. The molecular formula is C13H19NO5S. The number of aryl methyl sites for hydroxylation is 1. The van der Waals surface area contributed by atoms with Crippen molar-refractivity contribution in [2.24, 2.45) is 0 Å². The molecule has 7 heteroatoms. The molecule has 20 heavy (non-hydrogen) atoms. The topological polar surface area (TPSA) is 93.4 Å². The second kappa shape index (κ2) is 5.40. The molecular weight excluding hydrogens is 282 g/mol. The summed E-state index contributed by atoms with van der Waals surface area (Å²) in [5.41, 5.74) is -0.505. The largest absolute Gasteiger partial charge is 0.477 e. The molecule has 0 amide bonds. The number of pyridine rings is 1. The lowest BCUT2D eigenvalue weighted by Crippen LogP contribution is -2.35. The highest BCUT2D eigenvalue weighted by molar-refractivity contribution is 7.92. The molecule has 0 aliphatic carbocycles. The van der Waals surface area contributed by atoms with E-state index in [0.717, 1.165) is 0 Å². The zero-order valence-corrected chi connectivity index (χ0v) is 12.8. The Kier molecular flexibility index (Phi) is 4.43. The van der Waals surface area contributed by atoms with E-state index in [4.69, 9.17) is 5.11 Å². The maximum absolute atomic E-state index is 12.0. The van der Waals surface area contributed by atoms with Crippen LogP contribution in [0.2, 0.25) is 0 Å². The third-order valence-electron chi connectivity index (χ3n) is 3.14. The molecule has 6 nitrogen and oxygen atoms in total. The molecule has 0 unspecified atom stereocenters. The van der Waals surface area contributed by atoms with Crippen molar-refractivity contribution in [2.45, 2.75) is 39.0 Å². The van der Waals surface area contributed by atoms with Gasteiger partial charge in [0, 0.05) is 12.2 Å². The average molecular weight is 301 g/mol. The molecule has 0 spiro atoms. The third kappa shape index (κ3) is 3.27. The van der Waals surface area contributed by atoms with Crippen LogP contribution < -0.4 is 5.56 Å². The van der Waals surface area contributed by atoms with Crippen molar-refractivity contribution >= 4 is 15.8 Å². The van der Waals surface area contributed by atoms with Crippen LogP contribution in [0.5, 0.6) is 0 Å². The summed E-state index contributed by atoms with van der Waals surface area (Å²) in [5, 5.41) is 8.91. The predicted octanol–water partition coefficient (Wildman–Crippen LogP) is 1.07. The number of hydrogen-bond donors (Lipinski definition) is 1. The van der Waals surface area contributed by atoms with Gasteiger partial charge < -0.3 is 9.67 Å². The van der Waals surface area contributed by atoms with Gasteiger partial charge in [0.15, 0.2) is 9.84 Å². The van der Waals surface area contributed by atoms with E-state index in [9.17, 15) is 18.0 Å². The standard InChI is InChI=1S/C13H19NO5S/c1-9-5-6-10(12(16)17)11(15)14(9)7-8-20(18,19)13(2,3)4/h5-6H,7-8H2,1-4H3,(H,16,17). The summed E-state index contributed by atoms with van der Waals surface area (Å²) in [6.07, 6.45) is 0. The quantitative estimate of drug-likeness (QED) is 0.897. The number of nitrogens with zero attached hydrogens (tertiary/aromatic N) is 1. The van der Waals surface area contributed by atoms with E-state index in [-0.39, 0.29) is 17.9 Å². The molecule has 0 radical (unpaired) electrons. The Morgan fingerprint density at radius 1 is 1.30 bits per heavy atom. The summed E-state index contributed by atoms with van der Waals surface area (Å²) in [4.78, 5) is 22.9. The Balaban J connectivity index is 3.15. The second-order valence-electron chi connectivity index (χ2n) is 5.58. The van der Waals surface area contributed by atoms with Crippen molar-refractivity contribution in [1.82, 2.24) is 4.57 Å². The zero-order valence-electron chi connectivity index (χ0n) is 12.0. The molecule has 112 valence electrons. The first-order valence-electron chi connectivity index (χ1n) is 6.13. The summed E-state index contributed by atoms with van der Waals surface area (Å²) in [5.74, 6) is -1.53. The van der Waals surface area contributed by atoms with Crippen molar-refractivity contribution in [3.8, 4) is 0 Å². The fourth-order valence-corrected chi connectivity index (χ4v) is 2.66. The Morgan fingerprint density at radius 2 is 1.85 bits per heavy atom. The van der Waals surface area contributed by atoms with E-state index in [1.54, 1.807) is 27.7 Å². The van der Waals surface area contributed by atoms with Crippen LogP contribution in [0.15, 0.2) is 16.9 Å². The van der Waals surface area contributed by atoms with E-state index in [1.807, 2.05) is 0 Å². The maximum atomic E-state index is 12.0. The first-order chi connectivity index (χ1) is 8.97. The van der Waals surface area contributed by atoms with Crippen LogP contribution in [-0.4, -0.2) is 34.6 Å². The van der Waals surface area contributed by atoms with Gasteiger partial charge in [-0.15, -0.1) is 0 Å². The zero-order chi connectivity index (χ0) is 15.7. The lowest BCUT2D eigenvalue weighted by Gasteiger charge is -2.20. The second-order valence-corrected chi connectivity index (χ2v) is 8.44. The van der Waals surface area contributed by atoms with Crippen molar-refractivity contribution in [2.75, 3.05) is 5.75 Å². The molecule has 1 N–H and O–H groups in total. The minimum Gasteiger partial charge on any atom is -0.477 e. The number of sulfone groups is 1. The van der Waals surface area contributed by atoms with Crippen LogP contribution in [0.1, 0.15) is 36.8 Å². The van der Waals surface area contributed by atoms with Gasteiger partial charge in [-0.1, -0.05) is 0 Å². The number of hydrogen-bond acceptors (Lipinski definition) is 4. The van der Waals surface area contributed by atoms with E-state index in [2.05, 4.69) is 0 Å². The molecule has 1 rings (SSSR count). The monoisotopic (exact) mass is 301 g/mol. The number of carboxylic acids is 1. The van der Waals surface area contributed by atoms with Crippen LogP contribution >= 0.6 is 0 Å². The van der Waals surface area contributed by atoms with Gasteiger partial charge in [0.05, 0.1) is 10.5 Å². The van der Waals surface area contributed by atoms with E-state index < -0.39 is 26.1 Å². The first-order valence-corrected chi connectivity index (χ1v) is 7.78. The molecule has 1 aromatic rings. The molecule has 0 fully saturated rings. The minimum atomic E-state index is -3.37. The Bertz CT molecular complexity index is 680.